The monoisotopic (exact) mass is 340 g/mol. The van der Waals surface area contributed by atoms with Crippen LogP contribution in [-0.2, 0) is 4.74 Å². The first-order valence-corrected chi connectivity index (χ1v) is 7.57. The Morgan fingerprint density at radius 3 is 2.08 bits per heavy atom. The topological polar surface area (TPSA) is 83.7 Å². The molecule has 0 aliphatic carbocycles. The molecule has 0 radical (unpaired) electrons. The van der Waals surface area contributed by atoms with Gasteiger partial charge in [0.1, 0.15) is 24.7 Å². The standard InChI is InChI=1S/C18H16N2O5/c1-22-18(21)14-4-8-16(9-5-14)24-11-10-23-15-6-2-13(3-7-15)17-20-19-12-25-17/h2-9,12H,10-11H2,1H3. The Kier molecular flexibility index (Phi) is 5.26. The van der Waals surface area contributed by atoms with Crippen LogP contribution in [0.25, 0.3) is 11.5 Å². The van der Waals surface area contributed by atoms with Crippen molar-refractivity contribution in [3.05, 3.63) is 60.5 Å². The summed E-state index contributed by atoms with van der Waals surface area (Å²) < 4.78 is 20.9. The van der Waals surface area contributed by atoms with E-state index in [1.165, 1.54) is 13.5 Å². The summed E-state index contributed by atoms with van der Waals surface area (Å²) in [5.41, 5.74) is 1.30. The molecule has 0 fully saturated rings. The molecule has 0 saturated carbocycles. The Balaban J connectivity index is 1.44. The summed E-state index contributed by atoms with van der Waals surface area (Å²) in [7, 11) is 1.35. The number of hydrogen-bond donors (Lipinski definition) is 0. The molecule has 1 aromatic heterocycles. The highest BCUT2D eigenvalue weighted by Crippen LogP contribution is 2.20. The summed E-state index contributed by atoms with van der Waals surface area (Å²) in [5.74, 6) is 1.46. The lowest BCUT2D eigenvalue weighted by atomic mass is 10.2. The number of carbonyl (C=O) groups is 1. The van der Waals surface area contributed by atoms with E-state index in [1.807, 2.05) is 24.3 Å². The van der Waals surface area contributed by atoms with Crippen LogP contribution >= 0.6 is 0 Å². The van der Waals surface area contributed by atoms with Crippen molar-refractivity contribution in [1.82, 2.24) is 10.2 Å². The highest BCUT2D eigenvalue weighted by Gasteiger charge is 2.05. The van der Waals surface area contributed by atoms with Crippen LogP contribution in [0.1, 0.15) is 10.4 Å². The van der Waals surface area contributed by atoms with Crippen LogP contribution < -0.4 is 9.47 Å². The molecule has 2 aromatic carbocycles. The minimum atomic E-state index is -0.376. The molecule has 3 rings (SSSR count). The zero-order valence-electron chi connectivity index (χ0n) is 13.5. The van der Waals surface area contributed by atoms with Crippen molar-refractivity contribution in [3.8, 4) is 23.0 Å². The summed E-state index contributed by atoms with van der Waals surface area (Å²) in [6.07, 6.45) is 1.29. The highest BCUT2D eigenvalue weighted by molar-refractivity contribution is 5.89. The predicted molar refractivity (Wildman–Crippen MR) is 88.5 cm³/mol. The van der Waals surface area contributed by atoms with E-state index in [2.05, 4.69) is 14.9 Å². The van der Waals surface area contributed by atoms with Gasteiger partial charge in [-0.15, -0.1) is 10.2 Å². The number of aromatic nitrogens is 2. The van der Waals surface area contributed by atoms with Crippen LogP contribution in [0.3, 0.4) is 0 Å². The van der Waals surface area contributed by atoms with E-state index in [0.717, 1.165) is 5.56 Å². The van der Waals surface area contributed by atoms with Gasteiger partial charge in [0.2, 0.25) is 12.3 Å². The van der Waals surface area contributed by atoms with E-state index in [1.54, 1.807) is 24.3 Å². The van der Waals surface area contributed by atoms with Crippen molar-refractivity contribution in [1.29, 1.82) is 0 Å². The molecule has 0 unspecified atom stereocenters. The second-order valence-electron chi connectivity index (χ2n) is 4.98. The zero-order valence-corrected chi connectivity index (χ0v) is 13.5. The van der Waals surface area contributed by atoms with E-state index in [0.29, 0.717) is 36.2 Å². The SMILES string of the molecule is COC(=O)c1ccc(OCCOc2ccc(-c3nnco3)cc2)cc1. The van der Waals surface area contributed by atoms with Gasteiger partial charge in [-0.2, -0.15) is 0 Å². The molecule has 0 aliphatic heterocycles. The molecule has 7 heteroatoms. The number of nitrogens with zero attached hydrogens (tertiary/aromatic N) is 2. The van der Waals surface area contributed by atoms with Gasteiger partial charge in [-0.1, -0.05) is 0 Å². The van der Waals surface area contributed by atoms with Gasteiger partial charge in [0.25, 0.3) is 0 Å². The minimum absolute atomic E-state index is 0.376. The normalized spacial score (nSPS) is 10.3. The maximum Gasteiger partial charge on any atom is 0.337 e. The van der Waals surface area contributed by atoms with Gasteiger partial charge < -0.3 is 18.6 Å². The van der Waals surface area contributed by atoms with Crippen molar-refractivity contribution in [3.63, 3.8) is 0 Å². The van der Waals surface area contributed by atoms with Crippen molar-refractivity contribution >= 4 is 5.97 Å². The smallest absolute Gasteiger partial charge is 0.337 e. The molecule has 0 atom stereocenters. The summed E-state index contributed by atoms with van der Waals surface area (Å²) in [6.45, 7) is 0.766. The average Bonchev–Trinajstić information content (AvgIpc) is 3.20. The van der Waals surface area contributed by atoms with Crippen LogP contribution in [0, 0.1) is 0 Å². The number of benzene rings is 2. The van der Waals surface area contributed by atoms with Crippen LogP contribution in [-0.4, -0.2) is 36.5 Å². The van der Waals surface area contributed by atoms with Gasteiger partial charge in [0.15, 0.2) is 0 Å². The lowest BCUT2D eigenvalue weighted by Crippen LogP contribution is -2.09. The fraction of sp³-hybridized carbons (Fsp3) is 0.167. The van der Waals surface area contributed by atoms with Crippen LogP contribution in [0.15, 0.2) is 59.3 Å². The Bertz CT molecular complexity index is 798. The van der Waals surface area contributed by atoms with E-state index < -0.39 is 0 Å². The average molecular weight is 340 g/mol. The molecule has 3 aromatic rings. The fourth-order valence-corrected chi connectivity index (χ4v) is 2.12. The number of rotatable bonds is 7. The molecule has 25 heavy (non-hydrogen) atoms. The molecular weight excluding hydrogens is 324 g/mol. The lowest BCUT2D eigenvalue weighted by Gasteiger charge is -2.09. The predicted octanol–water partition coefficient (Wildman–Crippen LogP) is 2.98. The molecule has 0 spiro atoms. The molecule has 0 amide bonds. The van der Waals surface area contributed by atoms with E-state index >= 15 is 0 Å². The summed E-state index contributed by atoms with van der Waals surface area (Å²) in [4.78, 5) is 11.3. The first kappa shape index (κ1) is 16.5. The Morgan fingerprint density at radius 2 is 1.56 bits per heavy atom. The number of ether oxygens (including phenoxy) is 3. The third kappa shape index (κ3) is 4.35. The molecule has 128 valence electrons. The van der Waals surface area contributed by atoms with Crippen molar-refractivity contribution < 1.29 is 23.4 Å². The lowest BCUT2D eigenvalue weighted by molar-refractivity contribution is 0.0600. The van der Waals surface area contributed by atoms with Crippen LogP contribution in [0.2, 0.25) is 0 Å². The molecule has 0 aliphatic rings. The molecule has 7 nitrogen and oxygen atoms in total. The van der Waals surface area contributed by atoms with Gasteiger partial charge in [0.05, 0.1) is 12.7 Å². The maximum absolute atomic E-state index is 11.3. The van der Waals surface area contributed by atoms with Crippen LogP contribution in [0.4, 0.5) is 0 Å². The van der Waals surface area contributed by atoms with E-state index in [9.17, 15) is 4.79 Å². The third-order valence-electron chi connectivity index (χ3n) is 3.36. The van der Waals surface area contributed by atoms with Gasteiger partial charge in [-0.25, -0.2) is 4.79 Å². The van der Waals surface area contributed by atoms with Crippen molar-refractivity contribution in [2.45, 2.75) is 0 Å². The fourth-order valence-electron chi connectivity index (χ4n) is 2.12. The Hall–Kier alpha value is -3.35. The summed E-state index contributed by atoms with van der Waals surface area (Å²) >= 11 is 0. The van der Waals surface area contributed by atoms with Gasteiger partial charge in [-0.05, 0) is 48.5 Å². The molecule has 0 N–H and O–H groups in total. The zero-order chi connectivity index (χ0) is 17.5. The van der Waals surface area contributed by atoms with E-state index in [-0.39, 0.29) is 5.97 Å². The number of hydrogen-bond acceptors (Lipinski definition) is 7. The quantitative estimate of drug-likeness (QED) is 0.483. The Labute approximate surface area is 144 Å². The molecular formula is C18H16N2O5. The largest absolute Gasteiger partial charge is 0.490 e. The third-order valence-corrected chi connectivity index (χ3v) is 3.36. The molecule has 0 bridgehead atoms. The maximum atomic E-state index is 11.3. The molecule has 0 saturated heterocycles. The van der Waals surface area contributed by atoms with Crippen molar-refractivity contribution in [2.75, 3.05) is 20.3 Å². The number of esters is 1. The first-order chi connectivity index (χ1) is 12.3. The second-order valence-corrected chi connectivity index (χ2v) is 4.98. The molecule has 1 heterocycles. The minimum Gasteiger partial charge on any atom is -0.490 e. The van der Waals surface area contributed by atoms with E-state index in [4.69, 9.17) is 13.9 Å². The Morgan fingerprint density at radius 1 is 0.960 bits per heavy atom. The van der Waals surface area contributed by atoms with Crippen molar-refractivity contribution in [2.24, 2.45) is 0 Å². The second kappa shape index (κ2) is 7.96. The van der Waals surface area contributed by atoms with Crippen LogP contribution in [0.5, 0.6) is 11.5 Å². The number of methoxy groups -OCH3 is 1. The van der Waals surface area contributed by atoms with Gasteiger partial charge >= 0.3 is 5.97 Å². The summed E-state index contributed by atoms with van der Waals surface area (Å²) in [5, 5.41) is 7.48. The van der Waals surface area contributed by atoms with Gasteiger partial charge in [0, 0.05) is 5.56 Å². The number of carbonyl (C=O) groups excluding carboxylic acids is 1. The first-order valence-electron chi connectivity index (χ1n) is 7.57. The van der Waals surface area contributed by atoms with Gasteiger partial charge in [-0.3, -0.25) is 0 Å². The highest BCUT2D eigenvalue weighted by atomic mass is 16.5. The summed E-state index contributed by atoms with van der Waals surface area (Å²) in [6, 6.07) is 14.1.